The lowest BCUT2D eigenvalue weighted by atomic mass is 10.6. The second-order valence-electron chi connectivity index (χ2n) is 3.35. The number of hydrogen-bond donors (Lipinski definition) is 2. The van der Waals surface area contributed by atoms with Crippen molar-refractivity contribution in [2.45, 2.75) is 5.03 Å². The van der Waals surface area contributed by atoms with E-state index in [1.54, 1.807) is 0 Å². The lowest BCUT2D eigenvalue weighted by molar-refractivity contribution is -0.139. The van der Waals surface area contributed by atoms with Crippen molar-refractivity contribution in [1.29, 1.82) is 0 Å². The summed E-state index contributed by atoms with van der Waals surface area (Å²) in [5.41, 5.74) is 0. The van der Waals surface area contributed by atoms with Crippen molar-refractivity contribution in [2.24, 2.45) is 7.05 Å². The molecular weight excluding hydrogens is 266 g/mol. The molecule has 0 unspecified atom stereocenters. The Labute approximate surface area is 102 Å². The molecule has 0 atom stereocenters. The largest absolute Gasteiger partial charge is 0.480 e. The molecule has 0 saturated carbocycles. The molecule has 1 rings (SSSR count). The number of aliphatic carboxylic acids is 2. The van der Waals surface area contributed by atoms with Gasteiger partial charge in [0, 0.05) is 7.05 Å². The van der Waals surface area contributed by atoms with Crippen LogP contribution in [0.1, 0.15) is 0 Å². The predicted molar refractivity (Wildman–Crippen MR) is 57.2 cm³/mol. The molecule has 0 spiro atoms. The van der Waals surface area contributed by atoms with Crippen LogP contribution in [-0.2, 0) is 26.7 Å². The van der Waals surface area contributed by atoms with Gasteiger partial charge in [0.05, 0.1) is 6.20 Å². The summed E-state index contributed by atoms with van der Waals surface area (Å²) in [7, 11) is -2.85. The minimum atomic E-state index is -4.21. The van der Waals surface area contributed by atoms with Gasteiger partial charge in [-0.15, -0.1) is 0 Å². The third-order valence-corrected chi connectivity index (χ3v) is 3.87. The second kappa shape index (κ2) is 5.14. The zero-order chi connectivity index (χ0) is 13.9. The van der Waals surface area contributed by atoms with Crippen LogP contribution < -0.4 is 0 Å². The van der Waals surface area contributed by atoms with Crippen molar-refractivity contribution in [2.75, 3.05) is 13.1 Å². The topological polar surface area (TPSA) is 130 Å². The highest BCUT2D eigenvalue weighted by Crippen LogP contribution is 2.13. The first-order valence-electron chi connectivity index (χ1n) is 4.67. The van der Waals surface area contributed by atoms with Gasteiger partial charge in [-0.25, -0.2) is 8.42 Å². The Kier molecular flexibility index (Phi) is 4.03. The summed E-state index contributed by atoms with van der Waals surface area (Å²) >= 11 is 0. The van der Waals surface area contributed by atoms with E-state index in [4.69, 9.17) is 10.2 Å². The highest BCUT2D eigenvalue weighted by molar-refractivity contribution is 7.89. The maximum Gasteiger partial charge on any atom is 0.318 e. The summed E-state index contributed by atoms with van der Waals surface area (Å²) < 4.78 is 25.4. The van der Waals surface area contributed by atoms with E-state index in [0.717, 1.165) is 10.7 Å². The Morgan fingerprint density at radius 2 is 1.83 bits per heavy atom. The number of rotatable bonds is 6. The number of hydrogen-bond acceptors (Lipinski definition) is 5. The van der Waals surface area contributed by atoms with Crippen molar-refractivity contribution >= 4 is 22.0 Å². The van der Waals surface area contributed by atoms with E-state index in [1.165, 1.54) is 13.2 Å². The van der Waals surface area contributed by atoms with Crippen LogP contribution in [0.15, 0.2) is 17.3 Å². The summed E-state index contributed by atoms with van der Waals surface area (Å²) in [6, 6.07) is 1.16. The maximum absolute atomic E-state index is 12.0. The number of nitrogens with zero attached hydrogens (tertiary/aromatic N) is 3. The second-order valence-corrected chi connectivity index (χ2v) is 5.24. The smallest absolute Gasteiger partial charge is 0.318 e. The lowest BCUT2D eigenvalue weighted by Crippen LogP contribution is -2.40. The first-order valence-corrected chi connectivity index (χ1v) is 6.11. The molecule has 0 aliphatic rings. The molecule has 0 fully saturated rings. The van der Waals surface area contributed by atoms with E-state index in [-0.39, 0.29) is 5.03 Å². The van der Waals surface area contributed by atoms with Crippen LogP contribution in [0.5, 0.6) is 0 Å². The monoisotopic (exact) mass is 277 g/mol. The number of carboxylic acids is 2. The number of aryl methyl sites for hydroxylation is 1. The number of aromatic nitrogens is 2. The molecule has 0 aliphatic heterocycles. The van der Waals surface area contributed by atoms with Gasteiger partial charge in [0.1, 0.15) is 13.1 Å². The predicted octanol–water partition coefficient (Wildman–Crippen LogP) is -1.42. The van der Waals surface area contributed by atoms with Gasteiger partial charge in [0.15, 0.2) is 5.03 Å². The molecule has 0 amide bonds. The summed E-state index contributed by atoms with van der Waals surface area (Å²) in [4.78, 5) is 21.1. The summed E-state index contributed by atoms with van der Waals surface area (Å²) in [6.45, 7) is -1.86. The molecule has 100 valence electrons. The van der Waals surface area contributed by atoms with Crippen LogP contribution in [0.4, 0.5) is 0 Å². The Morgan fingerprint density at radius 1 is 1.33 bits per heavy atom. The molecule has 0 aliphatic carbocycles. The standard InChI is InChI=1S/C8H11N3O6S/c1-10-6(2-3-9-10)18(16,17)11(4-7(12)13)5-8(14)15/h2-3H,4-5H2,1H3,(H,12,13)(H,14,15). The van der Waals surface area contributed by atoms with E-state index in [2.05, 4.69) is 5.10 Å². The molecule has 1 aromatic heterocycles. The van der Waals surface area contributed by atoms with Gasteiger partial charge in [-0.1, -0.05) is 0 Å². The molecule has 0 bridgehead atoms. The van der Waals surface area contributed by atoms with E-state index >= 15 is 0 Å². The van der Waals surface area contributed by atoms with Crippen molar-refractivity contribution in [3.8, 4) is 0 Å². The van der Waals surface area contributed by atoms with Crippen molar-refractivity contribution in [1.82, 2.24) is 14.1 Å². The Bertz CT molecular complexity index is 547. The van der Waals surface area contributed by atoms with Gasteiger partial charge in [-0.2, -0.15) is 9.40 Å². The quantitative estimate of drug-likeness (QED) is 0.652. The molecule has 0 radical (unpaired) electrons. The fourth-order valence-corrected chi connectivity index (χ4v) is 2.71. The Morgan fingerprint density at radius 3 is 2.17 bits per heavy atom. The first kappa shape index (κ1) is 14.1. The van der Waals surface area contributed by atoms with Gasteiger partial charge < -0.3 is 10.2 Å². The average molecular weight is 277 g/mol. The molecule has 0 saturated heterocycles. The summed E-state index contributed by atoms with van der Waals surface area (Å²) in [5, 5.41) is 20.6. The van der Waals surface area contributed by atoms with E-state index in [9.17, 15) is 18.0 Å². The van der Waals surface area contributed by atoms with Crippen LogP contribution in [0.3, 0.4) is 0 Å². The van der Waals surface area contributed by atoms with E-state index in [1.807, 2.05) is 0 Å². The SMILES string of the molecule is Cn1nccc1S(=O)(=O)N(CC(=O)O)CC(=O)O. The Hall–Kier alpha value is -1.94. The molecule has 2 N–H and O–H groups in total. The van der Waals surface area contributed by atoms with Gasteiger partial charge in [0.2, 0.25) is 0 Å². The van der Waals surface area contributed by atoms with Gasteiger partial charge in [0.25, 0.3) is 10.0 Å². The minimum Gasteiger partial charge on any atom is -0.480 e. The normalized spacial score (nSPS) is 11.7. The molecule has 0 aromatic carbocycles. The van der Waals surface area contributed by atoms with Gasteiger partial charge in [-0.05, 0) is 6.07 Å². The zero-order valence-electron chi connectivity index (χ0n) is 9.35. The van der Waals surface area contributed by atoms with Crippen molar-refractivity contribution in [3.63, 3.8) is 0 Å². The zero-order valence-corrected chi connectivity index (χ0v) is 10.2. The molecular formula is C8H11N3O6S. The van der Waals surface area contributed by atoms with E-state index in [0.29, 0.717) is 4.31 Å². The molecule has 18 heavy (non-hydrogen) atoms. The third kappa shape index (κ3) is 3.05. The number of carbonyl (C=O) groups is 2. The Balaban J connectivity index is 3.15. The van der Waals surface area contributed by atoms with Gasteiger partial charge >= 0.3 is 11.9 Å². The van der Waals surface area contributed by atoms with Gasteiger partial charge in [-0.3, -0.25) is 14.3 Å². The van der Waals surface area contributed by atoms with Crippen LogP contribution in [0.2, 0.25) is 0 Å². The average Bonchev–Trinajstić information content (AvgIpc) is 2.62. The molecule has 1 aromatic rings. The van der Waals surface area contributed by atoms with Crippen LogP contribution >= 0.6 is 0 Å². The molecule has 1 heterocycles. The number of carboxylic acid groups (broad SMARTS) is 2. The lowest BCUT2D eigenvalue weighted by Gasteiger charge is -2.17. The fourth-order valence-electron chi connectivity index (χ4n) is 1.27. The highest BCUT2D eigenvalue weighted by atomic mass is 32.2. The fraction of sp³-hybridized carbons (Fsp3) is 0.375. The summed E-state index contributed by atoms with van der Waals surface area (Å²) in [5.74, 6) is -2.89. The van der Waals surface area contributed by atoms with Crippen LogP contribution in [0, 0.1) is 0 Å². The third-order valence-electron chi connectivity index (χ3n) is 2.00. The summed E-state index contributed by atoms with van der Waals surface area (Å²) in [6.07, 6.45) is 1.21. The van der Waals surface area contributed by atoms with Crippen LogP contribution in [-0.4, -0.2) is 57.7 Å². The van der Waals surface area contributed by atoms with Crippen LogP contribution in [0.25, 0.3) is 0 Å². The molecule has 9 nitrogen and oxygen atoms in total. The highest BCUT2D eigenvalue weighted by Gasteiger charge is 2.30. The van der Waals surface area contributed by atoms with Crippen molar-refractivity contribution < 1.29 is 28.2 Å². The number of sulfonamides is 1. The minimum absolute atomic E-state index is 0.273. The van der Waals surface area contributed by atoms with Crippen molar-refractivity contribution in [3.05, 3.63) is 12.3 Å². The first-order chi connectivity index (χ1) is 8.25. The van der Waals surface area contributed by atoms with E-state index < -0.39 is 35.1 Å². The maximum atomic E-state index is 12.0. The molecule has 10 heteroatoms.